The van der Waals surface area contributed by atoms with Crippen LogP contribution in [0.4, 0.5) is 27.8 Å². The molecule has 10 nitrogen and oxygen atoms in total. The van der Waals surface area contributed by atoms with Crippen LogP contribution in [0.15, 0.2) is 48.7 Å². The molecule has 220 valence electrons. The van der Waals surface area contributed by atoms with Crippen LogP contribution in [0.2, 0.25) is 0 Å². The molecule has 1 N–H and O–H groups in total. The molecule has 0 radical (unpaired) electrons. The van der Waals surface area contributed by atoms with E-state index < -0.39 is 5.60 Å². The molecule has 2 aromatic carbocycles. The highest BCUT2D eigenvalue weighted by Crippen LogP contribution is 2.62. The fraction of sp³-hybridized carbons (Fsp3) is 0.438. The van der Waals surface area contributed by atoms with Crippen LogP contribution in [-0.2, 0) is 4.74 Å². The van der Waals surface area contributed by atoms with Gasteiger partial charge in [0.25, 0.3) is 5.91 Å². The van der Waals surface area contributed by atoms with Crippen LogP contribution in [-0.4, -0.2) is 72.8 Å². The molecule has 3 aliphatic rings. The van der Waals surface area contributed by atoms with E-state index in [-0.39, 0.29) is 23.8 Å². The molecule has 1 aliphatic carbocycles. The first-order valence-corrected chi connectivity index (χ1v) is 14.5. The Morgan fingerprint density at radius 3 is 2.50 bits per heavy atom. The number of ether oxygens (including phenoxy) is 2. The first-order valence-electron chi connectivity index (χ1n) is 14.5. The number of nitrogens with one attached hydrogen (secondary N) is 1. The molecule has 42 heavy (non-hydrogen) atoms. The number of nitrogens with zero attached hydrogens (tertiary/aromatic N) is 5. The molecular formula is C32H38N6O4. The van der Waals surface area contributed by atoms with Crippen molar-refractivity contribution in [1.29, 1.82) is 0 Å². The van der Waals surface area contributed by atoms with E-state index in [0.29, 0.717) is 43.8 Å². The van der Waals surface area contributed by atoms with E-state index in [1.165, 1.54) is 0 Å². The lowest BCUT2D eigenvalue weighted by Crippen LogP contribution is -2.50. The standard InChI is InChI=1S/C32H38N6O4/c1-19-26-21-9-7-8-10-22(21)29(39)36(5)24-18-33-30(35-28(24)27(19)26)34-23-12-11-20(17-25(23)41-6)37-13-15-38(16-14-37)31(40)42-32(2,3)4/h7-12,17-19,26-27H,13-16H2,1-6H3,(H,33,34,35). The normalized spacial score (nSPS) is 21.4. The maximum Gasteiger partial charge on any atom is 0.410 e. The van der Waals surface area contributed by atoms with Crippen molar-refractivity contribution in [2.24, 2.45) is 5.92 Å². The minimum atomic E-state index is -0.512. The average Bonchev–Trinajstić information content (AvgIpc) is 3.65. The van der Waals surface area contributed by atoms with Gasteiger partial charge < -0.3 is 29.5 Å². The van der Waals surface area contributed by atoms with Crippen molar-refractivity contribution in [2.75, 3.05) is 55.5 Å². The summed E-state index contributed by atoms with van der Waals surface area (Å²) in [6.07, 6.45) is 1.46. The lowest BCUT2D eigenvalue weighted by Gasteiger charge is -2.37. The average molecular weight is 571 g/mol. The largest absolute Gasteiger partial charge is 0.494 e. The summed E-state index contributed by atoms with van der Waals surface area (Å²) in [7, 11) is 3.43. The Bertz CT molecular complexity index is 1530. The van der Waals surface area contributed by atoms with Gasteiger partial charge in [-0.2, -0.15) is 0 Å². The zero-order valence-electron chi connectivity index (χ0n) is 25.0. The third-order valence-corrected chi connectivity index (χ3v) is 8.44. The number of carbonyl (C=O) groups excluding carboxylic acids is 2. The zero-order valence-corrected chi connectivity index (χ0v) is 25.0. The van der Waals surface area contributed by atoms with Gasteiger partial charge in [-0.25, -0.2) is 14.8 Å². The third-order valence-electron chi connectivity index (χ3n) is 8.44. The molecule has 3 heterocycles. The number of aromatic nitrogens is 2. The van der Waals surface area contributed by atoms with Gasteiger partial charge in [-0.05, 0) is 56.4 Å². The number of amides is 2. The van der Waals surface area contributed by atoms with Crippen molar-refractivity contribution in [3.63, 3.8) is 0 Å². The van der Waals surface area contributed by atoms with Crippen LogP contribution in [0.5, 0.6) is 5.75 Å². The number of methoxy groups -OCH3 is 1. The molecule has 2 fully saturated rings. The predicted octanol–water partition coefficient (Wildman–Crippen LogP) is 5.39. The van der Waals surface area contributed by atoms with E-state index in [9.17, 15) is 9.59 Å². The van der Waals surface area contributed by atoms with E-state index in [1.807, 2.05) is 57.2 Å². The van der Waals surface area contributed by atoms with Gasteiger partial charge in [0.05, 0.1) is 30.4 Å². The monoisotopic (exact) mass is 570 g/mol. The fourth-order valence-corrected chi connectivity index (χ4v) is 6.16. The highest BCUT2D eigenvalue weighted by molar-refractivity contribution is 6.07. The number of piperazine rings is 1. The van der Waals surface area contributed by atoms with Gasteiger partial charge in [0, 0.05) is 56.5 Å². The summed E-state index contributed by atoms with van der Waals surface area (Å²) in [6, 6.07) is 13.9. The number of hydrogen-bond donors (Lipinski definition) is 1. The second-order valence-corrected chi connectivity index (χ2v) is 12.3. The summed E-state index contributed by atoms with van der Waals surface area (Å²) >= 11 is 0. The van der Waals surface area contributed by atoms with Crippen LogP contribution >= 0.6 is 0 Å². The van der Waals surface area contributed by atoms with E-state index >= 15 is 0 Å². The van der Waals surface area contributed by atoms with Crippen LogP contribution in [0.25, 0.3) is 0 Å². The molecule has 6 rings (SSSR count). The minimum absolute atomic E-state index is 0.0436. The van der Waals surface area contributed by atoms with Crippen molar-refractivity contribution in [3.8, 4) is 5.75 Å². The van der Waals surface area contributed by atoms with Crippen molar-refractivity contribution >= 4 is 35.0 Å². The van der Waals surface area contributed by atoms with Gasteiger partial charge >= 0.3 is 6.09 Å². The first kappa shape index (κ1) is 27.8. The van der Waals surface area contributed by atoms with Crippen molar-refractivity contribution in [1.82, 2.24) is 14.9 Å². The molecule has 0 bridgehead atoms. The Hall–Kier alpha value is -4.34. The van der Waals surface area contributed by atoms with Crippen LogP contribution < -0.4 is 19.9 Å². The van der Waals surface area contributed by atoms with E-state index in [1.54, 1.807) is 30.2 Å². The number of anilines is 4. The summed E-state index contributed by atoms with van der Waals surface area (Å²) in [5.41, 5.74) is 4.71. The zero-order chi connectivity index (χ0) is 29.8. The smallest absolute Gasteiger partial charge is 0.410 e. The topological polar surface area (TPSA) is 100 Å². The molecule has 1 saturated heterocycles. The van der Waals surface area contributed by atoms with Gasteiger partial charge in [0.2, 0.25) is 5.95 Å². The molecule has 1 aromatic heterocycles. The molecule has 2 amide bonds. The summed E-state index contributed by atoms with van der Waals surface area (Å²) in [5.74, 6) is 1.91. The Kier molecular flexibility index (Phi) is 6.95. The fourth-order valence-electron chi connectivity index (χ4n) is 6.16. The molecule has 1 saturated carbocycles. The predicted molar refractivity (Wildman–Crippen MR) is 162 cm³/mol. The van der Waals surface area contributed by atoms with Gasteiger partial charge in [0.1, 0.15) is 11.4 Å². The number of carbonyl (C=O) groups is 2. The summed E-state index contributed by atoms with van der Waals surface area (Å²) < 4.78 is 11.3. The first-order chi connectivity index (χ1) is 20.1. The highest BCUT2D eigenvalue weighted by Gasteiger charge is 2.53. The Morgan fingerprint density at radius 1 is 1.05 bits per heavy atom. The SMILES string of the molecule is COc1cc(N2CCN(C(=O)OC(C)(C)C)CC2)ccc1Nc1ncc2c(n1)C1C(C)C1c1ccccc1C(=O)N2C. The van der Waals surface area contributed by atoms with Gasteiger partial charge in [0.15, 0.2) is 0 Å². The van der Waals surface area contributed by atoms with Crippen molar-refractivity contribution < 1.29 is 19.1 Å². The third kappa shape index (κ3) is 5.10. The Balaban J connectivity index is 1.20. The number of rotatable bonds is 4. The summed E-state index contributed by atoms with van der Waals surface area (Å²) in [5, 5.41) is 3.34. The maximum atomic E-state index is 13.4. The number of fused-ring (bicyclic) bond motifs is 5. The van der Waals surface area contributed by atoms with Gasteiger partial charge in [-0.15, -0.1) is 0 Å². The molecule has 3 unspecified atom stereocenters. The lowest BCUT2D eigenvalue weighted by molar-refractivity contribution is 0.0240. The van der Waals surface area contributed by atoms with Crippen molar-refractivity contribution in [3.05, 3.63) is 65.5 Å². The molecule has 3 atom stereocenters. The van der Waals surface area contributed by atoms with Crippen LogP contribution in [0.3, 0.4) is 0 Å². The highest BCUT2D eigenvalue weighted by atomic mass is 16.6. The number of benzene rings is 2. The molecule has 0 spiro atoms. The maximum absolute atomic E-state index is 13.4. The van der Waals surface area contributed by atoms with E-state index in [0.717, 1.165) is 33.9 Å². The van der Waals surface area contributed by atoms with Gasteiger partial charge in [-0.1, -0.05) is 25.1 Å². The van der Waals surface area contributed by atoms with Crippen molar-refractivity contribution in [2.45, 2.75) is 45.1 Å². The quantitative estimate of drug-likeness (QED) is 0.446. The molecule has 10 heteroatoms. The van der Waals surface area contributed by atoms with E-state index in [2.05, 4.69) is 28.2 Å². The number of hydrogen-bond acceptors (Lipinski definition) is 8. The second-order valence-electron chi connectivity index (χ2n) is 12.3. The minimum Gasteiger partial charge on any atom is -0.494 e. The van der Waals surface area contributed by atoms with Crippen LogP contribution in [0, 0.1) is 5.92 Å². The summed E-state index contributed by atoms with van der Waals surface area (Å²) in [6.45, 7) is 10.4. The van der Waals surface area contributed by atoms with E-state index in [4.69, 9.17) is 14.5 Å². The lowest BCUT2D eigenvalue weighted by atomic mass is 9.97. The van der Waals surface area contributed by atoms with Gasteiger partial charge in [-0.3, -0.25) is 4.79 Å². The Labute approximate surface area is 246 Å². The molecular weight excluding hydrogens is 532 g/mol. The molecule has 2 aliphatic heterocycles. The van der Waals surface area contributed by atoms with Crippen LogP contribution in [0.1, 0.15) is 61.1 Å². The second kappa shape index (κ2) is 10.5. The Morgan fingerprint density at radius 2 is 1.79 bits per heavy atom. The molecule has 3 aromatic rings. The summed E-state index contributed by atoms with van der Waals surface area (Å²) in [4.78, 5) is 41.0.